The Kier molecular flexibility index (Phi) is 4.64. The first-order chi connectivity index (χ1) is 9.67. The standard InChI is InChI=1S/C16H15ClO3/c1-11-14(10-17)13(16(18)19-2)8-9-15(11)20-12-6-4-3-5-7-12/h3-9H,10H2,1-2H3. The van der Waals surface area contributed by atoms with Crippen molar-refractivity contribution in [3.05, 3.63) is 59.2 Å². The predicted octanol–water partition coefficient (Wildman–Crippen LogP) is 4.31. The molecule has 0 unspecified atom stereocenters. The van der Waals surface area contributed by atoms with Crippen LogP contribution in [0.4, 0.5) is 0 Å². The Bertz CT molecular complexity index is 609. The first-order valence-corrected chi connectivity index (χ1v) is 6.70. The molecule has 0 heterocycles. The highest BCUT2D eigenvalue weighted by molar-refractivity contribution is 6.17. The van der Waals surface area contributed by atoms with Crippen molar-refractivity contribution in [3.8, 4) is 11.5 Å². The van der Waals surface area contributed by atoms with Gasteiger partial charge in [-0.05, 0) is 42.3 Å². The normalized spacial score (nSPS) is 10.2. The lowest BCUT2D eigenvalue weighted by atomic mass is 10.0. The van der Waals surface area contributed by atoms with E-state index in [0.29, 0.717) is 11.3 Å². The minimum atomic E-state index is -0.394. The summed E-state index contributed by atoms with van der Waals surface area (Å²) in [7, 11) is 1.35. The number of hydrogen-bond donors (Lipinski definition) is 0. The second kappa shape index (κ2) is 6.44. The van der Waals surface area contributed by atoms with Crippen LogP contribution >= 0.6 is 11.6 Å². The van der Waals surface area contributed by atoms with E-state index in [9.17, 15) is 4.79 Å². The van der Waals surface area contributed by atoms with Crippen molar-refractivity contribution in [2.45, 2.75) is 12.8 Å². The maximum absolute atomic E-state index is 11.7. The van der Waals surface area contributed by atoms with Crippen LogP contribution in [0.3, 0.4) is 0 Å². The van der Waals surface area contributed by atoms with Crippen molar-refractivity contribution in [1.29, 1.82) is 0 Å². The van der Waals surface area contributed by atoms with Gasteiger partial charge in [-0.3, -0.25) is 0 Å². The van der Waals surface area contributed by atoms with Crippen molar-refractivity contribution >= 4 is 17.6 Å². The van der Waals surface area contributed by atoms with Gasteiger partial charge >= 0.3 is 5.97 Å². The smallest absolute Gasteiger partial charge is 0.338 e. The SMILES string of the molecule is COC(=O)c1ccc(Oc2ccccc2)c(C)c1CCl. The van der Waals surface area contributed by atoms with Crippen LogP contribution in [0.5, 0.6) is 11.5 Å². The van der Waals surface area contributed by atoms with E-state index >= 15 is 0 Å². The largest absolute Gasteiger partial charge is 0.465 e. The van der Waals surface area contributed by atoms with Gasteiger partial charge in [0, 0.05) is 5.88 Å². The zero-order valence-electron chi connectivity index (χ0n) is 11.4. The summed E-state index contributed by atoms with van der Waals surface area (Å²) < 4.78 is 10.6. The number of para-hydroxylation sites is 1. The number of alkyl halides is 1. The number of esters is 1. The highest BCUT2D eigenvalue weighted by Crippen LogP contribution is 2.30. The number of ether oxygens (including phenoxy) is 2. The summed E-state index contributed by atoms with van der Waals surface area (Å²) in [5.41, 5.74) is 2.04. The summed E-state index contributed by atoms with van der Waals surface area (Å²) in [6, 6.07) is 12.9. The van der Waals surface area contributed by atoms with Crippen LogP contribution in [-0.2, 0) is 10.6 Å². The van der Waals surface area contributed by atoms with E-state index in [0.717, 1.165) is 16.9 Å². The molecule has 0 aliphatic rings. The van der Waals surface area contributed by atoms with Crippen molar-refractivity contribution in [2.24, 2.45) is 0 Å². The monoisotopic (exact) mass is 290 g/mol. The summed E-state index contributed by atoms with van der Waals surface area (Å²) in [5, 5.41) is 0. The zero-order valence-corrected chi connectivity index (χ0v) is 12.1. The van der Waals surface area contributed by atoms with Crippen LogP contribution in [0.15, 0.2) is 42.5 Å². The fourth-order valence-electron chi connectivity index (χ4n) is 1.93. The van der Waals surface area contributed by atoms with Crippen LogP contribution in [-0.4, -0.2) is 13.1 Å². The molecule has 0 saturated heterocycles. The lowest BCUT2D eigenvalue weighted by molar-refractivity contribution is 0.0599. The number of hydrogen-bond acceptors (Lipinski definition) is 3. The maximum atomic E-state index is 11.7. The minimum Gasteiger partial charge on any atom is -0.465 e. The molecule has 2 aromatic rings. The molecule has 0 atom stereocenters. The summed E-state index contributed by atoms with van der Waals surface area (Å²) in [4.78, 5) is 11.7. The van der Waals surface area contributed by atoms with Crippen LogP contribution in [0, 0.1) is 6.92 Å². The van der Waals surface area contributed by atoms with Crippen LogP contribution < -0.4 is 4.74 Å². The quantitative estimate of drug-likeness (QED) is 0.621. The number of carbonyl (C=O) groups is 1. The summed E-state index contributed by atoms with van der Waals surface area (Å²) in [6.45, 7) is 1.88. The molecule has 0 aromatic heterocycles. The number of rotatable bonds is 4. The molecular formula is C16H15ClO3. The molecule has 0 saturated carbocycles. The molecule has 0 N–H and O–H groups in total. The Morgan fingerprint density at radius 1 is 1.15 bits per heavy atom. The average Bonchev–Trinajstić information content (AvgIpc) is 2.49. The van der Waals surface area contributed by atoms with Gasteiger partial charge in [-0.15, -0.1) is 11.6 Å². The summed E-state index contributed by atoms with van der Waals surface area (Å²) in [6.07, 6.45) is 0. The van der Waals surface area contributed by atoms with Gasteiger partial charge < -0.3 is 9.47 Å². The highest BCUT2D eigenvalue weighted by Gasteiger charge is 2.16. The van der Waals surface area contributed by atoms with Crippen molar-refractivity contribution in [1.82, 2.24) is 0 Å². The molecule has 0 radical (unpaired) electrons. The molecule has 2 aromatic carbocycles. The maximum Gasteiger partial charge on any atom is 0.338 e. The molecule has 0 amide bonds. The Hall–Kier alpha value is -2.00. The first-order valence-electron chi connectivity index (χ1n) is 6.17. The van der Waals surface area contributed by atoms with Gasteiger partial charge in [-0.2, -0.15) is 0 Å². The van der Waals surface area contributed by atoms with E-state index in [1.165, 1.54) is 7.11 Å². The van der Waals surface area contributed by atoms with Gasteiger partial charge in [0.1, 0.15) is 11.5 Å². The fourth-order valence-corrected chi connectivity index (χ4v) is 2.28. The van der Waals surface area contributed by atoms with Gasteiger partial charge in [-0.1, -0.05) is 18.2 Å². The van der Waals surface area contributed by atoms with Crippen LogP contribution in [0.25, 0.3) is 0 Å². The average molecular weight is 291 g/mol. The topological polar surface area (TPSA) is 35.5 Å². The molecule has 0 spiro atoms. The second-order valence-electron chi connectivity index (χ2n) is 4.26. The Morgan fingerprint density at radius 3 is 2.45 bits per heavy atom. The second-order valence-corrected chi connectivity index (χ2v) is 4.52. The van der Waals surface area contributed by atoms with E-state index in [1.807, 2.05) is 37.3 Å². The number of halogens is 1. The third-order valence-corrected chi connectivity index (χ3v) is 3.33. The molecule has 0 aliphatic carbocycles. The van der Waals surface area contributed by atoms with Gasteiger partial charge in [0.2, 0.25) is 0 Å². The molecular weight excluding hydrogens is 276 g/mol. The first kappa shape index (κ1) is 14.4. The predicted molar refractivity (Wildman–Crippen MR) is 78.6 cm³/mol. The van der Waals surface area contributed by atoms with E-state index in [4.69, 9.17) is 21.1 Å². The highest BCUT2D eigenvalue weighted by atomic mass is 35.5. The Labute approximate surface area is 123 Å². The van der Waals surface area contributed by atoms with Gasteiger partial charge in [0.15, 0.2) is 0 Å². The molecule has 20 heavy (non-hydrogen) atoms. The summed E-state index contributed by atoms with van der Waals surface area (Å²) in [5.74, 6) is 1.25. The molecule has 3 nitrogen and oxygen atoms in total. The van der Waals surface area contributed by atoms with Gasteiger partial charge in [0.25, 0.3) is 0 Å². The van der Waals surface area contributed by atoms with Crippen LogP contribution in [0.1, 0.15) is 21.5 Å². The molecule has 0 fully saturated rings. The molecule has 2 rings (SSSR count). The Balaban J connectivity index is 2.39. The third kappa shape index (κ3) is 2.94. The van der Waals surface area contributed by atoms with Gasteiger partial charge in [-0.25, -0.2) is 4.79 Å². The number of carbonyl (C=O) groups excluding carboxylic acids is 1. The van der Waals surface area contributed by atoms with Crippen LogP contribution in [0.2, 0.25) is 0 Å². The fraction of sp³-hybridized carbons (Fsp3) is 0.188. The van der Waals surface area contributed by atoms with E-state index in [2.05, 4.69) is 0 Å². The van der Waals surface area contributed by atoms with Crippen molar-refractivity contribution in [2.75, 3.05) is 7.11 Å². The zero-order chi connectivity index (χ0) is 14.5. The number of methoxy groups -OCH3 is 1. The molecule has 0 aliphatic heterocycles. The third-order valence-electron chi connectivity index (χ3n) is 3.06. The van der Waals surface area contributed by atoms with Crippen molar-refractivity contribution < 1.29 is 14.3 Å². The van der Waals surface area contributed by atoms with E-state index in [-0.39, 0.29) is 5.88 Å². The van der Waals surface area contributed by atoms with E-state index in [1.54, 1.807) is 12.1 Å². The van der Waals surface area contributed by atoms with Crippen molar-refractivity contribution in [3.63, 3.8) is 0 Å². The van der Waals surface area contributed by atoms with E-state index < -0.39 is 5.97 Å². The lowest BCUT2D eigenvalue weighted by Crippen LogP contribution is -2.07. The molecule has 104 valence electrons. The molecule has 4 heteroatoms. The molecule has 0 bridgehead atoms. The summed E-state index contributed by atoms with van der Waals surface area (Å²) >= 11 is 5.95. The number of benzene rings is 2. The Morgan fingerprint density at radius 2 is 1.85 bits per heavy atom. The minimum absolute atomic E-state index is 0.224. The lowest BCUT2D eigenvalue weighted by Gasteiger charge is -2.14. The van der Waals surface area contributed by atoms with Gasteiger partial charge in [0.05, 0.1) is 12.7 Å².